The number of guanidine groups is 2. The Morgan fingerprint density at radius 1 is 1.14 bits per heavy atom. The summed E-state index contributed by atoms with van der Waals surface area (Å²) in [5, 5.41) is 3.62. The van der Waals surface area contributed by atoms with E-state index in [9.17, 15) is 0 Å². The van der Waals surface area contributed by atoms with Crippen molar-refractivity contribution in [3.63, 3.8) is 0 Å². The second-order valence-electron chi connectivity index (χ2n) is 5.33. The van der Waals surface area contributed by atoms with Gasteiger partial charge in [0.05, 0.1) is 0 Å². The molecule has 0 spiro atoms. The SMILES string of the molecule is NC(=NCC1CCCCC1)/N=C(\N)Nc1ccc(Cl)cc1. The normalized spacial score (nSPS) is 17.8. The molecule has 0 saturated heterocycles. The third-order valence-corrected chi connectivity index (χ3v) is 3.84. The Morgan fingerprint density at radius 2 is 1.81 bits per heavy atom. The monoisotopic (exact) mass is 307 g/mol. The summed E-state index contributed by atoms with van der Waals surface area (Å²) in [5.74, 6) is 1.08. The van der Waals surface area contributed by atoms with Gasteiger partial charge in [-0.25, -0.2) is 0 Å². The minimum atomic E-state index is 0.222. The summed E-state index contributed by atoms with van der Waals surface area (Å²) in [6.45, 7) is 0.740. The van der Waals surface area contributed by atoms with Crippen molar-refractivity contribution < 1.29 is 0 Å². The van der Waals surface area contributed by atoms with E-state index in [0.29, 0.717) is 10.9 Å². The van der Waals surface area contributed by atoms with E-state index in [1.54, 1.807) is 12.1 Å². The van der Waals surface area contributed by atoms with Crippen LogP contribution < -0.4 is 16.8 Å². The Kier molecular flexibility index (Phi) is 5.87. The van der Waals surface area contributed by atoms with Crippen LogP contribution in [0.25, 0.3) is 0 Å². The maximum absolute atomic E-state index is 5.82. The Balaban J connectivity index is 1.86. The van der Waals surface area contributed by atoms with Crippen molar-refractivity contribution in [1.29, 1.82) is 0 Å². The van der Waals surface area contributed by atoms with Gasteiger partial charge in [0.2, 0.25) is 11.9 Å². The van der Waals surface area contributed by atoms with Crippen molar-refractivity contribution in [3.8, 4) is 0 Å². The number of benzene rings is 1. The summed E-state index contributed by atoms with van der Waals surface area (Å²) in [4.78, 5) is 8.37. The molecule has 0 amide bonds. The molecule has 1 saturated carbocycles. The molecule has 21 heavy (non-hydrogen) atoms. The zero-order valence-electron chi connectivity index (χ0n) is 12.1. The fourth-order valence-corrected chi connectivity index (χ4v) is 2.59. The highest BCUT2D eigenvalue weighted by Crippen LogP contribution is 2.23. The molecule has 0 heterocycles. The molecule has 1 aliphatic carbocycles. The van der Waals surface area contributed by atoms with Gasteiger partial charge in [0.25, 0.3) is 0 Å². The molecular formula is C15H22ClN5. The number of hydrogen-bond donors (Lipinski definition) is 3. The Bertz CT molecular complexity index is 503. The third kappa shape index (κ3) is 5.63. The predicted molar refractivity (Wildman–Crippen MR) is 89.8 cm³/mol. The molecule has 0 atom stereocenters. The maximum atomic E-state index is 5.82. The molecule has 1 aliphatic rings. The standard InChI is InChI=1S/C15H22ClN5/c16-12-6-8-13(9-7-12)20-15(18)21-14(17)19-10-11-4-2-1-3-5-11/h6-9,11H,1-5,10H2,(H5,17,18,19,20,21). The number of halogens is 1. The van der Waals surface area contributed by atoms with Crippen LogP contribution in [0.4, 0.5) is 5.69 Å². The number of nitrogens with zero attached hydrogens (tertiary/aromatic N) is 2. The van der Waals surface area contributed by atoms with E-state index in [-0.39, 0.29) is 11.9 Å². The highest BCUT2D eigenvalue weighted by molar-refractivity contribution is 6.30. The van der Waals surface area contributed by atoms with Gasteiger partial charge < -0.3 is 16.8 Å². The van der Waals surface area contributed by atoms with Crippen molar-refractivity contribution in [3.05, 3.63) is 29.3 Å². The Labute approximate surface area is 130 Å². The van der Waals surface area contributed by atoms with Crippen LogP contribution in [0.5, 0.6) is 0 Å². The number of anilines is 1. The average molecular weight is 308 g/mol. The first-order valence-corrected chi connectivity index (χ1v) is 7.68. The molecule has 0 bridgehead atoms. The molecule has 0 aliphatic heterocycles. The molecular weight excluding hydrogens is 286 g/mol. The van der Waals surface area contributed by atoms with Gasteiger partial charge in [-0.2, -0.15) is 4.99 Å². The van der Waals surface area contributed by atoms with E-state index >= 15 is 0 Å². The summed E-state index contributed by atoms with van der Waals surface area (Å²) in [6.07, 6.45) is 6.40. The van der Waals surface area contributed by atoms with Crippen molar-refractivity contribution in [2.75, 3.05) is 11.9 Å². The number of nitrogens with one attached hydrogen (secondary N) is 1. The van der Waals surface area contributed by atoms with Gasteiger partial charge in [0.15, 0.2) is 0 Å². The molecule has 1 fully saturated rings. The van der Waals surface area contributed by atoms with Gasteiger partial charge in [-0.1, -0.05) is 30.9 Å². The van der Waals surface area contributed by atoms with E-state index in [1.807, 2.05) is 12.1 Å². The lowest BCUT2D eigenvalue weighted by Crippen LogP contribution is -2.26. The summed E-state index contributed by atoms with van der Waals surface area (Å²) in [6, 6.07) is 7.19. The van der Waals surface area contributed by atoms with Gasteiger partial charge in [0.1, 0.15) is 0 Å². The zero-order valence-corrected chi connectivity index (χ0v) is 12.8. The number of hydrogen-bond acceptors (Lipinski definition) is 1. The quantitative estimate of drug-likeness (QED) is 0.592. The predicted octanol–water partition coefficient (Wildman–Crippen LogP) is 2.96. The molecule has 5 nitrogen and oxygen atoms in total. The van der Waals surface area contributed by atoms with Crippen molar-refractivity contribution in [1.82, 2.24) is 0 Å². The largest absolute Gasteiger partial charge is 0.369 e. The molecule has 1 aromatic carbocycles. The van der Waals surface area contributed by atoms with E-state index in [1.165, 1.54) is 32.1 Å². The Hall–Kier alpha value is -1.75. The molecule has 114 valence electrons. The van der Waals surface area contributed by atoms with Crippen LogP contribution in [0.15, 0.2) is 34.3 Å². The second kappa shape index (κ2) is 7.88. The average Bonchev–Trinajstić information content (AvgIpc) is 2.48. The van der Waals surface area contributed by atoms with Crippen molar-refractivity contribution in [2.45, 2.75) is 32.1 Å². The van der Waals surface area contributed by atoms with Gasteiger partial charge in [-0.05, 0) is 43.0 Å². The van der Waals surface area contributed by atoms with Gasteiger partial charge in [-0.3, -0.25) is 4.99 Å². The maximum Gasteiger partial charge on any atom is 0.218 e. The van der Waals surface area contributed by atoms with E-state index in [0.717, 1.165) is 12.2 Å². The lowest BCUT2D eigenvalue weighted by molar-refractivity contribution is 0.367. The van der Waals surface area contributed by atoms with Gasteiger partial charge in [-0.15, -0.1) is 0 Å². The van der Waals surface area contributed by atoms with E-state index in [2.05, 4.69) is 15.3 Å². The Morgan fingerprint density at radius 3 is 2.48 bits per heavy atom. The molecule has 0 unspecified atom stereocenters. The molecule has 2 rings (SSSR count). The number of rotatable bonds is 3. The highest BCUT2D eigenvalue weighted by atomic mass is 35.5. The summed E-state index contributed by atoms with van der Waals surface area (Å²) in [5.41, 5.74) is 12.4. The molecule has 6 heteroatoms. The summed E-state index contributed by atoms with van der Waals surface area (Å²) in [7, 11) is 0. The van der Waals surface area contributed by atoms with Crippen LogP contribution in [0.1, 0.15) is 32.1 Å². The fourth-order valence-electron chi connectivity index (χ4n) is 2.46. The van der Waals surface area contributed by atoms with Crippen LogP contribution in [-0.2, 0) is 0 Å². The number of aliphatic imine (C=N–C) groups is 2. The van der Waals surface area contributed by atoms with Crippen LogP contribution in [-0.4, -0.2) is 18.5 Å². The van der Waals surface area contributed by atoms with Gasteiger partial charge >= 0.3 is 0 Å². The first-order valence-electron chi connectivity index (χ1n) is 7.30. The van der Waals surface area contributed by atoms with E-state index in [4.69, 9.17) is 23.1 Å². The van der Waals surface area contributed by atoms with Gasteiger partial charge in [0, 0.05) is 17.3 Å². The van der Waals surface area contributed by atoms with Crippen LogP contribution in [0, 0.1) is 5.92 Å². The van der Waals surface area contributed by atoms with Crippen molar-refractivity contribution in [2.24, 2.45) is 27.4 Å². The van der Waals surface area contributed by atoms with Crippen molar-refractivity contribution >= 4 is 29.2 Å². The zero-order chi connectivity index (χ0) is 15.1. The lowest BCUT2D eigenvalue weighted by Gasteiger charge is -2.19. The molecule has 0 aromatic heterocycles. The topological polar surface area (TPSA) is 88.8 Å². The highest BCUT2D eigenvalue weighted by Gasteiger charge is 2.12. The summed E-state index contributed by atoms with van der Waals surface area (Å²) < 4.78 is 0. The summed E-state index contributed by atoms with van der Waals surface area (Å²) >= 11 is 5.82. The van der Waals surface area contributed by atoms with Crippen LogP contribution in [0.3, 0.4) is 0 Å². The first kappa shape index (κ1) is 15.6. The minimum Gasteiger partial charge on any atom is -0.369 e. The lowest BCUT2D eigenvalue weighted by atomic mass is 9.89. The van der Waals surface area contributed by atoms with E-state index < -0.39 is 0 Å². The third-order valence-electron chi connectivity index (χ3n) is 3.59. The fraction of sp³-hybridized carbons (Fsp3) is 0.467. The number of nitrogens with two attached hydrogens (primary N) is 2. The first-order chi connectivity index (χ1) is 10.1. The molecule has 5 N–H and O–H groups in total. The second-order valence-corrected chi connectivity index (χ2v) is 5.77. The molecule has 1 aromatic rings. The minimum absolute atomic E-state index is 0.222. The molecule has 0 radical (unpaired) electrons. The van der Waals surface area contributed by atoms with Crippen LogP contribution in [0.2, 0.25) is 5.02 Å². The van der Waals surface area contributed by atoms with Crippen LogP contribution >= 0.6 is 11.6 Å². The smallest absolute Gasteiger partial charge is 0.218 e.